The molecule has 3 heterocycles. The SMILES string of the molecule is CCn1c2c(c3ccc(N(c4ccccc4)c4ccc5c(c4)C4(c6ccccc6Oc6ccccc64)c4cc(N(c6ccccc6)c6ccc7c8ccccc8n(CC)c7c6)ccc4-5)cc31)CCCC2. The molecule has 338 valence electrons. The lowest BCUT2D eigenvalue weighted by atomic mass is 9.66. The van der Waals surface area contributed by atoms with Gasteiger partial charge in [0.15, 0.2) is 0 Å². The largest absolute Gasteiger partial charge is 0.457 e. The first-order valence-electron chi connectivity index (χ1n) is 25.2. The summed E-state index contributed by atoms with van der Waals surface area (Å²) in [6.45, 7) is 6.38. The Labute approximate surface area is 409 Å². The van der Waals surface area contributed by atoms with Crippen molar-refractivity contribution >= 4 is 66.8 Å². The van der Waals surface area contributed by atoms with Crippen molar-refractivity contribution in [1.29, 1.82) is 0 Å². The fourth-order valence-corrected chi connectivity index (χ4v) is 12.8. The number of rotatable bonds is 8. The lowest BCUT2D eigenvalue weighted by Gasteiger charge is -2.40. The molecule has 0 bridgehead atoms. The number of ether oxygens (including phenoxy) is 1. The Bertz CT molecular complexity index is 3820. The van der Waals surface area contributed by atoms with Crippen LogP contribution in [0.15, 0.2) is 206 Å². The molecule has 0 amide bonds. The fourth-order valence-electron chi connectivity index (χ4n) is 12.8. The molecule has 9 aromatic carbocycles. The quantitative estimate of drug-likeness (QED) is 0.152. The standard InChI is InChI=1S/C65H52N4O/c1-3-66-59-27-15-11-23-51(59)53-37-33-47(41-61(53)66)68(43-19-7-5-8-20-43)45-31-35-49-50-36-32-46(40-58(50)65(57(49)39-45)55-25-13-17-29-63(55)70-64-30-18-14-26-56(64)65)69(44-21-9-6-10-22-44)48-34-38-54-52-24-12-16-28-60(52)67(4-2)62(54)42-48/h5-11,13-15,17-23,25-27,29-42H,3-4,12,16,24,28H2,1-2H3. The van der Waals surface area contributed by atoms with Gasteiger partial charge in [-0.3, -0.25) is 0 Å². The summed E-state index contributed by atoms with van der Waals surface area (Å²) >= 11 is 0. The van der Waals surface area contributed by atoms with E-state index < -0.39 is 5.41 Å². The molecule has 0 radical (unpaired) electrons. The summed E-state index contributed by atoms with van der Waals surface area (Å²) in [7, 11) is 0. The van der Waals surface area contributed by atoms with Crippen molar-refractivity contribution in [3.8, 4) is 22.6 Å². The van der Waals surface area contributed by atoms with Gasteiger partial charge in [-0.1, -0.05) is 115 Å². The van der Waals surface area contributed by atoms with Gasteiger partial charge in [-0.25, -0.2) is 0 Å². The summed E-state index contributed by atoms with van der Waals surface area (Å²) in [5, 5.41) is 3.96. The minimum absolute atomic E-state index is 0.703. The topological polar surface area (TPSA) is 25.6 Å². The molecule has 0 N–H and O–H groups in total. The summed E-state index contributed by atoms with van der Waals surface area (Å²) in [6, 6.07) is 76.6. The van der Waals surface area contributed by atoms with E-state index in [0.717, 1.165) is 82.7 Å². The third-order valence-electron chi connectivity index (χ3n) is 15.7. The van der Waals surface area contributed by atoms with Gasteiger partial charge in [0.05, 0.1) is 16.4 Å². The predicted molar refractivity (Wildman–Crippen MR) is 290 cm³/mol. The van der Waals surface area contributed by atoms with Crippen LogP contribution < -0.4 is 14.5 Å². The average Bonchev–Trinajstić information content (AvgIpc) is 4.02. The van der Waals surface area contributed by atoms with Gasteiger partial charge >= 0.3 is 0 Å². The van der Waals surface area contributed by atoms with Crippen molar-refractivity contribution in [2.75, 3.05) is 9.80 Å². The van der Waals surface area contributed by atoms with Crippen LogP contribution in [-0.2, 0) is 31.3 Å². The first-order valence-corrected chi connectivity index (χ1v) is 25.2. The third-order valence-corrected chi connectivity index (χ3v) is 15.7. The number of hydrogen-bond acceptors (Lipinski definition) is 3. The van der Waals surface area contributed by atoms with Gasteiger partial charge in [0.1, 0.15) is 11.5 Å². The highest BCUT2D eigenvalue weighted by atomic mass is 16.5. The van der Waals surface area contributed by atoms with E-state index in [9.17, 15) is 0 Å². The Morgan fingerprint density at radius 1 is 0.400 bits per heavy atom. The maximum atomic E-state index is 6.89. The molecule has 2 aromatic heterocycles. The third kappa shape index (κ3) is 5.84. The van der Waals surface area contributed by atoms with Crippen LogP contribution >= 0.6 is 0 Å². The molecule has 70 heavy (non-hydrogen) atoms. The highest BCUT2D eigenvalue weighted by Crippen LogP contribution is 2.63. The van der Waals surface area contributed by atoms with Crippen molar-refractivity contribution < 1.29 is 4.74 Å². The van der Waals surface area contributed by atoms with Crippen LogP contribution in [0.25, 0.3) is 43.8 Å². The van der Waals surface area contributed by atoms with E-state index in [1.54, 1.807) is 5.56 Å². The zero-order chi connectivity index (χ0) is 46.5. The average molecular weight is 905 g/mol. The van der Waals surface area contributed by atoms with Crippen molar-refractivity contribution in [1.82, 2.24) is 9.13 Å². The number of fused-ring (bicyclic) bond motifs is 15. The lowest BCUT2D eigenvalue weighted by Crippen LogP contribution is -2.32. The van der Waals surface area contributed by atoms with Gasteiger partial charge in [-0.05, 0) is 158 Å². The van der Waals surface area contributed by atoms with E-state index in [4.69, 9.17) is 4.74 Å². The van der Waals surface area contributed by atoms with Crippen LogP contribution in [0.1, 0.15) is 60.2 Å². The van der Waals surface area contributed by atoms with E-state index in [1.165, 1.54) is 73.5 Å². The highest BCUT2D eigenvalue weighted by molar-refractivity contribution is 6.09. The Hall–Kier alpha value is -8.28. The highest BCUT2D eigenvalue weighted by Gasteiger charge is 2.51. The molecule has 0 atom stereocenters. The molecule has 2 aliphatic carbocycles. The Balaban J connectivity index is 1.01. The minimum Gasteiger partial charge on any atom is -0.457 e. The van der Waals surface area contributed by atoms with Gasteiger partial charge in [0, 0.05) is 85.7 Å². The lowest BCUT2D eigenvalue weighted by molar-refractivity contribution is 0.436. The van der Waals surface area contributed by atoms with Crippen molar-refractivity contribution in [3.05, 3.63) is 240 Å². The minimum atomic E-state index is -0.703. The predicted octanol–water partition coefficient (Wildman–Crippen LogP) is 17.1. The normalized spacial score (nSPS) is 14.0. The fraction of sp³-hybridized carbons (Fsp3) is 0.138. The Kier molecular flexibility index (Phi) is 9.26. The zero-order valence-corrected chi connectivity index (χ0v) is 39.6. The van der Waals surface area contributed by atoms with Crippen molar-refractivity contribution in [2.45, 2.75) is 58.0 Å². The number of aromatic nitrogens is 2. The van der Waals surface area contributed by atoms with Crippen LogP contribution in [-0.4, -0.2) is 9.13 Å². The van der Waals surface area contributed by atoms with E-state index in [1.807, 2.05) is 0 Å². The molecule has 0 saturated heterocycles. The molecule has 0 fully saturated rings. The van der Waals surface area contributed by atoms with Crippen molar-refractivity contribution in [2.24, 2.45) is 0 Å². The van der Waals surface area contributed by atoms with E-state index in [2.05, 4.69) is 239 Å². The van der Waals surface area contributed by atoms with E-state index in [-0.39, 0.29) is 0 Å². The van der Waals surface area contributed by atoms with Crippen molar-refractivity contribution in [3.63, 3.8) is 0 Å². The number of benzene rings is 9. The molecule has 3 aliphatic rings. The van der Waals surface area contributed by atoms with Gasteiger partial charge in [0.25, 0.3) is 0 Å². The maximum absolute atomic E-state index is 6.89. The number of nitrogens with zero attached hydrogens (tertiary/aromatic N) is 4. The van der Waals surface area contributed by atoms with Crippen LogP contribution in [0, 0.1) is 0 Å². The van der Waals surface area contributed by atoms with Crippen LogP contribution in [0.4, 0.5) is 34.1 Å². The second-order valence-corrected chi connectivity index (χ2v) is 19.2. The van der Waals surface area contributed by atoms with Crippen LogP contribution in [0.5, 0.6) is 11.5 Å². The molecular weight excluding hydrogens is 853 g/mol. The van der Waals surface area contributed by atoms with E-state index >= 15 is 0 Å². The summed E-state index contributed by atoms with van der Waals surface area (Å²) in [4.78, 5) is 4.90. The van der Waals surface area contributed by atoms with Gasteiger partial charge < -0.3 is 23.7 Å². The first kappa shape index (κ1) is 40.8. The number of anilines is 6. The van der Waals surface area contributed by atoms with Gasteiger partial charge in [-0.2, -0.15) is 0 Å². The molecule has 5 heteroatoms. The van der Waals surface area contributed by atoms with Crippen LogP contribution in [0.3, 0.4) is 0 Å². The molecule has 5 nitrogen and oxygen atoms in total. The summed E-state index contributed by atoms with van der Waals surface area (Å²) in [6.07, 6.45) is 4.83. The number of para-hydroxylation sites is 5. The molecule has 14 rings (SSSR count). The van der Waals surface area contributed by atoms with Gasteiger partial charge in [-0.15, -0.1) is 0 Å². The smallest absolute Gasteiger partial charge is 0.132 e. The van der Waals surface area contributed by atoms with Gasteiger partial charge in [0.2, 0.25) is 0 Å². The number of hydrogen-bond donors (Lipinski definition) is 0. The second-order valence-electron chi connectivity index (χ2n) is 19.2. The van der Waals surface area contributed by atoms with Crippen LogP contribution in [0.2, 0.25) is 0 Å². The molecule has 0 unspecified atom stereocenters. The second kappa shape index (κ2) is 15.9. The molecule has 11 aromatic rings. The van der Waals surface area contributed by atoms with E-state index in [0.29, 0.717) is 0 Å². The zero-order valence-electron chi connectivity index (χ0n) is 39.6. The monoisotopic (exact) mass is 904 g/mol. The maximum Gasteiger partial charge on any atom is 0.132 e. The summed E-state index contributed by atoms with van der Waals surface area (Å²) in [5.41, 5.74) is 20.1. The molecule has 1 spiro atoms. The molecule has 1 aliphatic heterocycles. The molecular formula is C65H52N4O. The summed E-state index contributed by atoms with van der Waals surface area (Å²) < 4.78 is 11.9. The first-order chi connectivity index (χ1) is 34.6. The Morgan fingerprint density at radius 3 is 1.47 bits per heavy atom. The molecule has 0 saturated carbocycles. The summed E-state index contributed by atoms with van der Waals surface area (Å²) in [5.74, 6) is 1.76. The number of aryl methyl sites for hydroxylation is 3. The Morgan fingerprint density at radius 2 is 0.871 bits per heavy atom.